The minimum Gasteiger partial charge on any atom is -0.497 e. The van der Waals surface area contributed by atoms with Crippen LogP contribution < -0.4 is 4.74 Å². The maximum Gasteiger partial charge on any atom is 0.223 e. The fourth-order valence-electron chi connectivity index (χ4n) is 4.22. The number of aromatic amines is 1. The van der Waals surface area contributed by atoms with E-state index in [0.29, 0.717) is 13.0 Å². The zero-order valence-electron chi connectivity index (χ0n) is 17.4. The van der Waals surface area contributed by atoms with Gasteiger partial charge < -0.3 is 14.6 Å². The lowest BCUT2D eigenvalue weighted by atomic mass is 10.0. The summed E-state index contributed by atoms with van der Waals surface area (Å²) in [6, 6.07) is 15.9. The number of nitrogens with one attached hydrogen (secondary N) is 1. The molecule has 1 N–H and O–H groups in total. The van der Waals surface area contributed by atoms with Crippen LogP contribution in [0.5, 0.6) is 5.75 Å². The van der Waals surface area contributed by atoms with E-state index < -0.39 is 0 Å². The minimum absolute atomic E-state index is 0.154. The summed E-state index contributed by atoms with van der Waals surface area (Å²) in [6.45, 7) is 0.674. The van der Waals surface area contributed by atoms with E-state index in [9.17, 15) is 4.79 Å². The number of rotatable bonds is 6. The summed E-state index contributed by atoms with van der Waals surface area (Å²) in [5.41, 5.74) is 4.18. The molecule has 2 aromatic carbocycles. The maximum absolute atomic E-state index is 13.3. The fourth-order valence-corrected chi connectivity index (χ4v) is 5.30. The van der Waals surface area contributed by atoms with E-state index in [0.717, 1.165) is 51.6 Å². The SMILES string of the molecule is COc1cccc(CCCC(=O)N2CCc3[nH]cnc3[C@H]2c2nc3ccccc3s2)c1. The number of fused-ring (bicyclic) bond motifs is 2. The normalized spacial score (nSPS) is 15.8. The Balaban J connectivity index is 1.35. The van der Waals surface area contributed by atoms with Crippen molar-refractivity contribution in [2.45, 2.75) is 31.7 Å². The molecule has 1 aliphatic heterocycles. The Hall–Kier alpha value is -3.19. The number of methoxy groups -OCH3 is 1. The number of amides is 1. The second-order valence-corrected chi connectivity index (χ2v) is 8.79. The molecule has 31 heavy (non-hydrogen) atoms. The Morgan fingerprint density at radius 2 is 2.16 bits per heavy atom. The third-order valence-electron chi connectivity index (χ3n) is 5.78. The van der Waals surface area contributed by atoms with Crippen molar-refractivity contribution in [3.05, 3.63) is 76.8 Å². The number of aromatic nitrogens is 3. The molecular weight excluding hydrogens is 408 g/mol. The number of H-pyrrole nitrogens is 1. The third kappa shape index (κ3) is 3.93. The van der Waals surface area contributed by atoms with Crippen molar-refractivity contribution in [2.24, 2.45) is 0 Å². The highest BCUT2D eigenvalue weighted by molar-refractivity contribution is 7.18. The number of aryl methyl sites for hydroxylation is 1. The molecule has 6 nitrogen and oxygen atoms in total. The van der Waals surface area contributed by atoms with Gasteiger partial charge >= 0.3 is 0 Å². The van der Waals surface area contributed by atoms with Crippen molar-refractivity contribution in [2.75, 3.05) is 13.7 Å². The Labute approximate surface area is 184 Å². The standard InChI is InChI=1S/C24H24N4O2S/c1-30-17-8-4-6-16(14-17)7-5-11-21(29)28-13-12-19-22(26-15-25-19)23(28)24-27-18-9-2-3-10-20(18)31-24/h2-4,6,8-10,14-15,23H,5,7,11-13H2,1H3,(H,25,26)/t23-/m0/s1. The van der Waals surface area contributed by atoms with Crippen LogP contribution in [-0.4, -0.2) is 39.4 Å². The molecule has 1 aliphatic rings. The average molecular weight is 433 g/mol. The predicted molar refractivity (Wildman–Crippen MR) is 121 cm³/mol. The molecule has 0 saturated heterocycles. The number of carbonyl (C=O) groups is 1. The first-order valence-electron chi connectivity index (χ1n) is 10.5. The molecule has 0 unspecified atom stereocenters. The Morgan fingerprint density at radius 3 is 3.03 bits per heavy atom. The van der Waals surface area contributed by atoms with E-state index in [1.165, 1.54) is 5.56 Å². The van der Waals surface area contributed by atoms with E-state index in [-0.39, 0.29) is 11.9 Å². The molecule has 4 aromatic rings. The molecule has 1 amide bonds. The third-order valence-corrected chi connectivity index (χ3v) is 6.87. The van der Waals surface area contributed by atoms with Crippen molar-refractivity contribution < 1.29 is 9.53 Å². The van der Waals surface area contributed by atoms with Crippen molar-refractivity contribution in [1.82, 2.24) is 19.9 Å². The van der Waals surface area contributed by atoms with Gasteiger partial charge in [-0.25, -0.2) is 9.97 Å². The lowest BCUT2D eigenvalue weighted by Crippen LogP contribution is -2.40. The molecule has 2 aromatic heterocycles. The summed E-state index contributed by atoms with van der Waals surface area (Å²) in [5, 5.41) is 0.926. The molecule has 3 heterocycles. The molecule has 0 fully saturated rings. The van der Waals surface area contributed by atoms with E-state index in [1.54, 1.807) is 24.8 Å². The lowest BCUT2D eigenvalue weighted by molar-refractivity contribution is -0.133. The van der Waals surface area contributed by atoms with E-state index in [1.807, 2.05) is 41.3 Å². The van der Waals surface area contributed by atoms with Gasteiger partial charge in [0.15, 0.2) is 0 Å². The summed E-state index contributed by atoms with van der Waals surface area (Å²) >= 11 is 1.64. The van der Waals surface area contributed by atoms with Crippen molar-refractivity contribution >= 4 is 27.5 Å². The quantitative estimate of drug-likeness (QED) is 0.486. The summed E-state index contributed by atoms with van der Waals surface area (Å²) in [4.78, 5) is 27.9. The van der Waals surface area contributed by atoms with Gasteiger partial charge in [-0.3, -0.25) is 4.79 Å². The molecule has 0 saturated carbocycles. The van der Waals surface area contributed by atoms with E-state index >= 15 is 0 Å². The molecule has 0 aliphatic carbocycles. The average Bonchev–Trinajstić information content (AvgIpc) is 3.45. The Morgan fingerprint density at radius 1 is 1.26 bits per heavy atom. The van der Waals surface area contributed by atoms with Gasteiger partial charge in [-0.2, -0.15) is 0 Å². The second kappa shape index (κ2) is 8.51. The largest absolute Gasteiger partial charge is 0.497 e. The summed E-state index contributed by atoms with van der Waals surface area (Å²) < 4.78 is 6.43. The minimum atomic E-state index is -0.225. The number of thiazole rings is 1. The van der Waals surface area contributed by atoms with Crippen molar-refractivity contribution in [3.63, 3.8) is 0 Å². The number of carbonyl (C=O) groups excluding carboxylic acids is 1. The smallest absolute Gasteiger partial charge is 0.223 e. The Bertz CT molecular complexity index is 1180. The highest BCUT2D eigenvalue weighted by atomic mass is 32.1. The lowest BCUT2D eigenvalue weighted by Gasteiger charge is -2.33. The summed E-state index contributed by atoms with van der Waals surface area (Å²) in [7, 11) is 1.67. The fraction of sp³-hybridized carbons (Fsp3) is 0.292. The molecule has 5 rings (SSSR count). The second-order valence-electron chi connectivity index (χ2n) is 7.73. The number of hydrogen-bond donors (Lipinski definition) is 1. The highest BCUT2D eigenvalue weighted by Crippen LogP contribution is 2.37. The van der Waals surface area contributed by atoms with Gasteiger partial charge in [0, 0.05) is 25.1 Å². The zero-order chi connectivity index (χ0) is 21.2. The zero-order valence-corrected chi connectivity index (χ0v) is 18.2. The van der Waals surface area contributed by atoms with Gasteiger partial charge in [0.2, 0.25) is 5.91 Å². The molecule has 0 bridgehead atoms. The summed E-state index contributed by atoms with van der Waals surface area (Å²) in [5.74, 6) is 1.00. The number of hydrogen-bond acceptors (Lipinski definition) is 5. The van der Waals surface area contributed by atoms with Gasteiger partial charge in [0.05, 0.1) is 29.3 Å². The first-order valence-corrected chi connectivity index (χ1v) is 11.3. The number of para-hydroxylation sites is 1. The van der Waals surface area contributed by atoms with Gasteiger partial charge in [-0.05, 0) is 42.7 Å². The van der Waals surface area contributed by atoms with Crippen LogP contribution in [0.2, 0.25) is 0 Å². The van der Waals surface area contributed by atoms with Crippen LogP contribution in [0.3, 0.4) is 0 Å². The number of imidazole rings is 1. The van der Waals surface area contributed by atoms with Crippen LogP contribution in [0.1, 0.15) is 40.8 Å². The highest BCUT2D eigenvalue weighted by Gasteiger charge is 2.35. The first-order chi connectivity index (χ1) is 15.2. The number of nitrogens with zero attached hydrogens (tertiary/aromatic N) is 3. The van der Waals surface area contributed by atoms with Crippen LogP contribution in [0.4, 0.5) is 0 Å². The van der Waals surface area contributed by atoms with E-state index in [4.69, 9.17) is 9.72 Å². The molecule has 1 atom stereocenters. The monoisotopic (exact) mass is 432 g/mol. The summed E-state index contributed by atoms with van der Waals surface area (Å²) in [6.07, 6.45) is 4.65. The van der Waals surface area contributed by atoms with Gasteiger partial charge in [-0.15, -0.1) is 11.3 Å². The molecular formula is C24H24N4O2S. The van der Waals surface area contributed by atoms with Crippen LogP contribution >= 0.6 is 11.3 Å². The molecule has 0 spiro atoms. The van der Waals surface area contributed by atoms with Gasteiger partial charge in [0.25, 0.3) is 0 Å². The van der Waals surface area contributed by atoms with Crippen LogP contribution in [0.15, 0.2) is 54.9 Å². The van der Waals surface area contributed by atoms with Crippen LogP contribution in [-0.2, 0) is 17.6 Å². The Kier molecular flexibility index (Phi) is 5.42. The molecule has 0 radical (unpaired) electrons. The van der Waals surface area contributed by atoms with Crippen molar-refractivity contribution in [3.8, 4) is 5.75 Å². The predicted octanol–water partition coefficient (Wildman–Crippen LogP) is 4.53. The maximum atomic E-state index is 13.3. The van der Waals surface area contributed by atoms with E-state index in [2.05, 4.69) is 22.1 Å². The van der Waals surface area contributed by atoms with Crippen LogP contribution in [0.25, 0.3) is 10.2 Å². The van der Waals surface area contributed by atoms with Crippen molar-refractivity contribution in [1.29, 1.82) is 0 Å². The first kappa shape index (κ1) is 19.8. The molecule has 158 valence electrons. The van der Waals surface area contributed by atoms with Crippen LogP contribution in [0, 0.1) is 0 Å². The molecule has 7 heteroatoms. The van der Waals surface area contributed by atoms with Gasteiger partial charge in [0.1, 0.15) is 16.8 Å². The number of ether oxygens (including phenoxy) is 1. The number of benzene rings is 2. The van der Waals surface area contributed by atoms with Gasteiger partial charge in [-0.1, -0.05) is 24.3 Å². The topological polar surface area (TPSA) is 71.1 Å².